The lowest BCUT2D eigenvalue weighted by molar-refractivity contribution is -0.132. The fourth-order valence-electron chi connectivity index (χ4n) is 1.17. The number of benzene rings is 1. The molecule has 1 rings (SSSR count). The number of rotatable bonds is 5. The Bertz CT molecular complexity index is 443. The van der Waals surface area contributed by atoms with Crippen molar-refractivity contribution in [2.45, 2.75) is 6.92 Å². The summed E-state index contributed by atoms with van der Waals surface area (Å²) in [7, 11) is 1.60. The molecule has 17 heavy (non-hydrogen) atoms. The van der Waals surface area contributed by atoms with Crippen LogP contribution in [-0.4, -0.2) is 24.7 Å². The molecule has 0 unspecified atom stereocenters. The predicted octanol–water partition coefficient (Wildman–Crippen LogP) is 2.90. The van der Waals surface area contributed by atoms with E-state index < -0.39 is 5.97 Å². The zero-order valence-electron chi connectivity index (χ0n) is 9.66. The van der Waals surface area contributed by atoms with Gasteiger partial charge in [0.1, 0.15) is 5.75 Å². The number of carbonyl (C=O) groups is 1. The van der Waals surface area contributed by atoms with Crippen LogP contribution in [-0.2, 0) is 4.79 Å². The summed E-state index contributed by atoms with van der Waals surface area (Å²) in [4.78, 5) is 10.6. The number of carboxylic acid groups (broad SMARTS) is 1. The van der Waals surface area contributed by atoms with Crippen molar-refractivity contribution in [3.63, 3.8) is 0 Å². The fourth-order valence-corrected chi connectivity index (χ4v) is 1.56. The van der Waals surface area contributed by atoms with Gasteiger partial charge >= 0.3 is 5.97 Å². The summed E-state index contributed by atoms with van der Waals surface area (Å²) in [6.07, 6.45) is 1.62. The third kappa shape index (κ3) is 4.11. The molecule has 1 aromatic carbocycles. The summed E-state index contributed by atoms with van der Waals surface area (Å²) in [5.41, 5.74) is 1.18. The molecule has 0 saturated carbocycles. The van der Waals surface area contributed by atoms with Crippen molar-refractivity contribution in [3.05, 3.63) is 34.3 Å². The minimum atomic E-state index is -0.906. The van der Waals surface area contributed by atoms with Crippen molar-refractivity contribution in [2.24, 2.45) is 0 Å². The molecule has 4 nitrogen and oxygen atoms in total. The molecule has 0 aromatic heterocycles. The van der Waals surface area contributed by atoms with Gasteiger partial charge in [0.2, 0.25) is 0 Å². The number of halogens is 1. The van der Waals surface area contributed by atoms with E-state index in [-0.39, 0.29) is 0 Å². The number of methoxy groups -OCH3 is 1. The summed E-state index contributed by atoms with van der Waals surface area (Å²) in [6, 6.07) is 5.55. The van der Waals surface area contributed by atoms with Crippen molar-refractivity contribution >= 4 is 27.6 Å². The molecule has 0 radical (unpaired) electrons. The molecule has 92 valence electrons. The van der Waals surface area contributed by atoms with Crippen molar-refractivity contribution in [1.29, 1.82) is 0 Å². The number of hydrogen-bond acceptors (Lipinski definition) is 3. The van der Waals surface area contributed by atoms with E-state index in [1.807, 2.05) is 18.2 Å². The quantitative estimate of drug-likeness (QED) is 0.821. The van der Waals surface area contributed by atoms with Gasteiger partial charge in [-0.25, -0.2) is 4.79 Å². The zero-order chi connectivity index (χ0) is 12.8. The lowest BCUT2D eigenvalue weighted by atomic mass is 10.2. The topological polar surface area (TPSA) is 58.6 Å². The van der Waals surface area contributed by atoms with Crippen LogP contribution in [0.2, 0.25) is 0 Å². The standard InChI is InChI=1S/C12H14BrNO3/c1-8(12(15)16)5-6-14-11-7-9(17-2)3-4-10(11)13/h3-5,7,14H,6H2,1-2H3,(H,15,16)/b8-5-. The van der Waals surface area contributed by atoms with Crippen LogP contribution in [0.15, 0.2) is 34.3 Å². The van der Waals surface area contributed by atoms with E-state index in [2.05, 4.69) is 21.2 Å². The highest BCUT2D eigenvalue weighted by Crippen LogP contribution is 2.26. The normalized spacial score (nSPS) is 11.1. The van der Waals surface area contributed by atoms with Gasteiger partial charge in [-0.05, 0) is 35.0 Å². The fraction of sp³-hybridized carbons (Fsp3) is 0.250. The van der Waals surface area contributed by atoms with Gasteiger partial charge in [0.15, 0.2) is 0 Å². The van der Waals surface area contributed by atoms with Crippen LogP contribution < -0.4 is 10.1 Å². The molecule has 1 aromatic rings. The molecule has 0 atom stereocenters. The lowest BCUT2D eigenvalue weighted by Gasteiger charge is -2.08. The van der Waals surface area contributed by atoms with Gasteiger partial charge in [-0.15, -0.1) is 0 Å². The molecule has 0 amide bonds. The average molecular weight is 300 g/mol. The molecule has 0 bridgehead atoms. The zero-order valence-corrected chi connectivity index (χ0v) is 11.2. The monoisotopic (exact) mass is 299 g/mol. The summed E-state index contributed by atoms with van der Waals surface area (Å²) in [5, 5.41) is 11.8. The van der Waals surface area contributed by atoms with E-state index >= 15 is 0 Å². The van der Waals surface area contributed by atoms with E-state index in [1.165, 1.54) is 0 Å². The number of anilines is 1. The number of carboxylic acids is 1. The van der Waals surface area contributed by atoms with Gasteiger partial charge in [0, 0.05) is 22.7 Å². The van der Waals surface area contributed by atoms with Crippen molar-refractivity contribution < 1.29 is 14.6 Å². The largest absolute Gasteiger partial charge is 0.497 e. The van der Waals surface area contributed by atoms with Gasteiger partial charge < -0.3 is 15.2 Å². The summed E-state index contributed by atoms with van der Waals surface area (Å²) < 4.78 is 6.01. The molecule has 0 heterocycles. The van der Waals surface area contributed by atoms with Crippen LogP contribution in [0.4, 0.5) is 5.69 Å². The van der Waals surface area contributed by atoms with Crippen molar-refractivity contribution in [3.8, 4) is 5.75 Å². The van der Waals surface area contributed by atoms with E-state index in [1.54, 1.807) is 20.1 Å². The van der Waals surface area contributed by atoms with E-state index in [0.717, 1.165) is 15.9 Å². The first-order valence-corrected chi connectivity index (χ1v) is 5.81. The second kappa shape index (κ2) is 6.30. The van der Waals surface area contributed by atoms with E-state index in [9.17, 15) is 4.79 Å². The Balaban J connectivity index is 2.69. The third-order valence-corrected chi connectivity index (χ3v) is 2.90. The molecule has 0 fully saturated rings. The first kappa shape index (κ1) is 13.6. The maximum atomic E-state index is 10.6. The molecular formula is C12H14BrNO3. The molecule has 5 heteroatoms. The highest BCUT2D eigenvalue weighted by atomic mass is 79.9. The Morgan fingerprint density at radius 2 is 2.29 bits per heavy atom. The second-order valence-electron chi connectivity index (χ2n) is 3.42. The maximum absolute atomic E-state index is 10.6. The van der Waals surface area contributed by atoms with E-state index in [4.69, 9.17) is 9.84 Å². The van der Waals surface area contributed by atoms with Gasteiger partial charge in [0.25, 0.3) is 0 Å². The number of aliphatic carboxylic acids is 1. The van der Waals surface area contributed by atoms with Crippen LogP contribution >= 0.6 is 15.9 Å². The number of nitrogens with one attached hydrogen (secondary N) is 1. The van der Waals surface area contributed by atoms with Gasteiger partial charge in [-0.3, -0.25) is 0 Å². The molecule has 0 aliphatic rings. The molecule has 0 spiro atoms. The highest BCUT2D eigenvalue weighted by molar-refractivity contribution is 9.10. The Hall–Kier alpha value is -1.49. The van der Waals surface area contributed by atoms with Gasteiger partial charge in [-0.1, -0.05) is 6.08 Å². The predicted molar refractivity (Wildman–Crippen MR) is 70.6 cm³/mol. The van der Waals surface area contributed by atoms with E-state index in [0.29, 0.717) is 12.1 Å². The molecule has 0 aliphatic carbocycles. The van der Waals surface area contributed by atoms with Gasteiger partial charge in [0.05, 0.1) is 12.8 Å². The number of hydrogen-bond donors (Lipinski definition) is 2. The molecule has 0 aliphatic heterocycles. The van der Waals surface area contributed by atoms with Crippen molar-refractivity contribution in [1.82, 2.24) is 0 Å². The highest BCUT2D eigenvalue weighted by Gasteiger charge is 2.02. The summed E-state index contributed by atoms with van der Waals surface area (Å²) in [5.74, 6) is -0.161. The molecule has 2 N–H and O–H groups in total. The second-order valence-corrected chi connectivity index (χ2v) is 4.27. The van der Waals surface area contributed by atoms with Crippen molar-refractivity contribution in [2.75, 3.05) is 19.0 Å². The van der Waals surface area contributed by atoms with Crippen LogP contribution in [0.1, 0.15) is 6.92 Å². The first-order chi connectivity index (χ1) is 8.04. The van der Waals surface area contributed by atoms with Crippen LogP contribution in [0, 0.1) is 0 Å². The number of ether oxygens (including phenoxy) is 1. The van der Waals surface area contributed by atoms with Crippen LogP contribution in [0.5, 0.6) is 5.75 Å². The summed E-state index contributed by atoms with van der Waals surface area (Å²) >= 11 is 3.40. The minimum absolute atomic E-state index is 0.316. The van der Waals surface area contributed by atoms with Crippen LogP contribution in [0.25, 0.3) is 0 Å². The minimum Gasteiger partial charge on any atom is -0.497 e. The molecule has 0 saturated heterocycles. The average Bonchev–Trinajstić information content (AvgIpc) is 2.31. The Kier molecular flexibility index (Phi) is 5.03. The lowest BCUT2D eigenvalue weighted by Crippen LogP contribution is -2.03. The smallest absolute Gasteiger partial charge is 0.331 e. The molecular weight excluding hydrogens is 286 g/mol. The van der Waals surface area contributed by atoms with Crippen LogP contribution in [0.3, 0.4) is 0 Å². The Labute approximate surface area is 108 Å². The van der Waals surface area contributed by atoms with Gasteiger partial charge in [-0.2, -0.15) is 0 Å². The maximum Gasteiger partial charge on any atom is 0.331 e. The Morgan fingerprint density at radius 1 is 1.59 bits per heavy atom. The third-order valence-electron chi connectivity index (χ3n) is 2.21. The Morgan fingerprint density at radius 3 is 2.88 bits per heavy atom. The summed E-state index contributed by atoms with van der Waals surface area (Å²) in [6.45, 7) is 2.01. The first-order valence-electron chi connectivity index (χ1n) is 5.02. The SMILES string of the molecule is COc1ccc(Br)c(NC/C=C(/C)C(=O)O)c1.